The van der Waals surface area contributed by atoms with Gasteiger partial charge in [0.05, 0.1) is 6.10 Å². The minimum atomic E-state index is -0.220. The van der Waals surface area contributed by atoms with E-state index in [1.807, 2.05) is 24.3 Å². The standard InChI is InChI=1S/C17H20FNO/c1-3-13(2)20-17-10-4-14(5-11-17)12-19-16-8-6-15(18)7-9-16/h4-11,13,19H,3,12H2,1-2H3. The van der Waals surface area contributed by atoms with Crippen molar-refractivity contribution in [3.8, 4) is 5.75 Å². The van der Waals surface area contributed by atoms with Gasteiger partial charge in [-0.15, -0.1) is 0 Å². The molecule has 2 aromatic carbocycles. The maximum Gasteiger partial charge on any atom is 0.123 e. The number of benzene rings is 2. The Morgan fingerprint density at radius 2 is 1.70 bits per heavy atom. The molecule has 1 atom stereocenters. The van der Waals surface area contributed by atoms with E-state index in [0.717, 1.165) is 23.4 Å². The first-order chi connectivity index (χ1) is 9.67. The van der Waals surface area contributed by atoms with Gasteiger partial charge in [0, 0.05) is 12.2 Å². The van der Waals surface area contributed by atoms with Crippen LogP contribution in [0.5, 0.6) is 5.75 Å². The summed E-state index contributed by atoms with van der Waals surface area (Å²) in [5, 5.41) is 3.25. The molecule has 0 aromatic heterocycles. The van der Waals surface area contributed by atoms with Crippen molar-refractivity contribution in [3.05, 3.63) is 59.9 Å². The third-order valence-electron chi connectivity index (χ3n) is 3.18. The number of hydrogen-bond acceptors (Lipinski definition) is 2. The molecule has 2 rings (SSSR count). The first-order valence-corrected chi connectivity index (χ1v) is 6.92. The average molecular weight is 273 g/mol. The Morgan fingerprint density at radius 3 is 2.30 bits per heavy atom. The van der Waals surface area contributed by atoms with Crippen molar-refractivity contribution in [1.29, 1.82) is 0 Å². The molecule has 0 saturated heterocycles. The number of hydrogen-bond donors (Lipinski definition) is 1. The molecule has 0 fully saturated rings. The fourth-order valence-corrected chi connectivity index (χ4v) is 1.77. The lowest BCUT2D eigenvalue weighted by atomic mass is 10.2. The zero-order valence-corrected chi connectivity index (χ0v) is 11.9. The van der Waals surface area contributed by atoms with E-state index in [9.17, 15) is 4.39 Å². The minimum absolute atomic E-state index is 0.220. The molecule has 0 aliphatic heterocycles. The molecule has 106 valence electrons. The molecule has 20 heavy (non-hydrogen) atoms. The van der Waals surface area contributed by atoms with E-state index in [1.165, 1.54) is 12.1 Å². The second-order valence-corrected chi connectivity index (χ2v) is 4.84. The Kier molecular flexibility index (Phi) is 4.99. The lowest BCUT2D eigenvalue weighted by molar-refractivity contribution is 0.217. The van der Waals surface area contributed by atoms with Gasteiger partial charge < -0.3 is 10.1 Å². The van der Waals surface area contributed by atoms with E-state index in [0.29, 0.717) is 6.54 Å². The smallest absolute Gasteiger partial charge is 0.123 e. The summed E-state index contributed by atoms with van der Waals surface area (Å²) < 4.78 is 18.5. The summed E-state index contributed by atoms with van der Waals surface area (Å²) in [5.74, 6) is 0.673. The highest BCUT2D eigenvalue weighted by Gasteiger charge is 2.01. The van der Waals surface area contributed by atoms with Crippen molar-refractivity contribution in [3.63, 3.8) is 0 Å². The summed E-state index contributed by atoms with van der Waals surface area (Å²) in [6, 6.07) is 14.4. The number of rotatable bonds is 6. The Labute approximate surface area is 119 Å². The van der Waals surface area contributed by atoms with E-state index < -0.39 is 0 Å². The first kappa shape index (κ1) is 14.4. The first-order valence-electron chi connectivity index (χ1n) is 6.92. The molecule has 2 aromatic rings. The molecular formula is C17H20FNO. The molecule has 3 heteroatoms. The molecule has 0 spiro atoms. The highest BCUT2D eigenvalue weighted by atomic mass is 19.1. The highest BCUT2D eigenvalue weighted by molar-refractivity contribution is 5.43. The molecule has 0 aliphatic rings. The molecule has 0 amide bonds. The lowest BCUT2D eigenvalue weighted by Crippen LogP contribution is -2.09. The van der Waals surface area contributed by atoms with E-state index in [4.69, 9.17) is 4.74 Å². The van der Waals surface area contributed by atoms with Gasteiger partial charge in [-0.05, 0) is 55.3 Å². The van der Waals surface area contributed by atoms with E-state index in [-0.39, 0.29) is 11.9 Å². The molecule has 0 saturated carbocycles. The van der Waals surface area contributed by atoms with E-state index >= 15 is 0 Å². The molecule has 0 aliphatic carbocycles. The fraction of sp³-hybridized carbons (Fsp3) is 0.294. The van der Waals surface area contributed by atoms with Gasteiger partial charge in [-0.1, -0.05) is 19.1 Å². The van der Waals surface area contributed by atoms with Crippen LogP contribution in [0.3, 0.4) is 0 Å². The van der Waals surface area contributed by atoms with Gasteiger partial charge >= 0.3 is 0 Å². The fourth-order valence-electron chi connectivity index (χ4n) is 1.77. The maximum absolute atomic E-state index is 12.8. The number of anilines is 1. The van der Waals surface area contributed by atoms with Gasteiger partial charge in [0.15, 0.2) is 0 Å². The Bertz CT molecular complexity index is 522. The molecule has 1 unspecified atom stereocenters. The van der Waals surface area contributed by atoms with Crippen LogP contribution >= 0.6 is 0 Å². The summed E-state index contributed by atoms with van der Waals surface area (Å²) in [7, 11) is 0. The van der Waals surface area contributed by atoms with Crippen LogP contribution in [0.25, 0.3) is 0 Å². The van der Waals surface area contributed by atoms with Crippen molar-refractivity contribution < 1.29 is 9.13 Å². The van der Waals surface area contributed by atoms with Gasteiger partial charge in [-0.2, -0.15) is 0 Å². The van der Waals surface area contributed by atoms with Crippen LogP contribution in [0.1, 0.15) is 25.8 Å². The van der Waals surface area contributed by atoms with Crippen LogP contribution in [0, 0.1) is 5.82 Å². The lowest BCUT2D eigenvalue weighted by Gasteiger charge is -2.13. The van der Waals surface area contributed by atoms with Gasteiger partial charge in [0.2, 0.25) is 0 Å². The quantitative estimate of drug-likeness (QED) is 0.829. The van der Waals surface area contributed by atoms with E-state index in [2.05, 4.69) is 19.2 Å². The highest BCUT2D eigenvalue weighted by Crippen LogP contribution is 2.16. The Hall–Kier alpha value is -2.03. The van der Waals surface area contributed by atoms with Gasteiger partial charge in [0.25, 0.3) is 0 Å². The molecule has 0 bridgehead atoms. The predicted molar refractivity (Wildman–Crippen MR) is 80.5 cm³/mol. The third-order valence-corrected chi connectivity index (χ3v) is 3.18. The van der Waals surface area contributed by atoms with Crippen molar-refractivity contribution in [2.45, 2.75) is 32.9 Å². The molecule has 0 radical (unpaired) electrons. The second kappa shape index (κ2) is 6.94. The SMILES string of the molecule is CCC(C)Oc1ccc(CNc2ccc(F)cc2)cc1. The second-order valence-electron chi connectivity index (χ2n) is 4.84. The Morgan fingerprint density at radius 1 is 1.05 bits per heavy atom. The van der Waals surface area contributed by atoms with Crippen molar-refractivity contribution in [2.75, 3.05) is 5.32 Å². The third kappa shape index (κ3) is 4.26. The topological polar surface area (TPSA) is 21.3 Å². The molecular weight excluding hydrogens is 253 g/mol. The van der Waals surface area contributed by atoms with Crippen LogP contribution in [-0.4, -0.2) is 6.10 Å². The molecule has 0 heterocycles. The monoisotopic (exact) mass is 273 g/mol. The number of ether oxygens (including phenoxy) is 1. The number of halogens is 1. The average Bonchev–Trinajstić information content (AvgIpc) is 2.48. The normalized spacial score (nSPS) is 11.9. The summed E-state index contributed by atoms with van der Waals surface area (Å²) in [4.78, 5) is 0. The van der Waals surface area contributed by atoms with Crippen LogP contribution in [-0.2, 0) is 6.54 Å². The summed E-state index contributed by atoms with van der Waals surface area (Å²) in [6.45, 7) is 4.87. The van der Waals surface area contributed by atoms with Gasteiger partial charge in [-0.3, -0.25) is 0 Å². The van der Waals surface area contributed by atoms with Gasteiger partial charge in [-0.25, -0.2) is 4.39 Å². The van der Waals surface area contributed by atoms with Crippen LogP contribution in [0.2, 0.25) is 0 Å². The van der Waals surface area contributed by atoms with Gasteiger partial charge in [0.1, 0.15) is 11.6 Å². The summed E-state index contributed by atoms with van der Waals surface area (Å²) in [6.07, 6.45) is 1.23. The zero-order chi connectivity index (χ0) is 14.4. The summed E-state index contributed by atoms with van der Waals surface area (Å²) >= 11 is 0. The van der Waals surface area contributed by atoms with Crippen molar-refractivity contribution in [2.24, 2.45) is 0 Å². The Balaban J connectivity index is 1.89. The van der Waals surface area contributed by atoms with Crippen LogP contribution in [0.4, 0.5) is 10.1 Å². The number of nitrogens with one attached hydrogen (secondary N) is 1. The molecule has 1 N–H and O–H groups in total. The zero-order valence-electron chi connectivity index (χ0n) is 11.9. The van der Waals surface area contributed by atoms with Crippen LogP contribution < -0.4 is 10.1 Å². The van der Waals surface area contributed by atoms with E-state index in [1.54, 1.807) is 12.1 Å². The van der Waals surface area contributed by atoms with Crippen LogP contribution in [0.15, 0.2) is 48.5 Å². The van der Waals surface area contributed by atoms with Crippen molar-refractivity contribution >= 4 is 5.69 Å². The maximum atomic E-state index is 12.8. The van der Waals surface area contributed by atoms with Crippen molar-refractivity contribution in [1.82, 2.24) is 0 Å². The predicted octanol–water partition coefficient (Wildman–Crippen LogP) is 4.62. The molecule has 2 nitrogen and oxygen atoms in total. The summed E-state index contributed by atoms with van der Waals surface area (Å²) in [5.41, 5.74) is 2.07. The largest absolute Gasteiger partial charge is 0.491 e. The minimum Gasteiger partial charge on any atom is -0.491 e.